The van der Waals surface area contributed by atoms with Crippen molar-refractivity contribution in [2.24, 2.45) is 0 Å². The van der Waals surface area contributed by atoms with Crippen LogP contribution in [0.3, 0.4) is 0 Å². The van der Waals surface area contributed by atoms with Crippen molar-refractivity contribution in [3.63, 3.8) is 0 Å². The van der Waals surface area contributed by atoms with E-state index in [4.69, 9.17) is 14.2 Å². The van der Waals surface area contributed by atoms with E-state index >= 15 is 0 Å². The van der Waals surface area contributed by atoms with Crippen LogP contribution in [0.25, 0.3) is 0 Å². The second-order valence-electron chi connectivity index (χ2n) is 11.8. The standard InChI is InChI=1S/C32H47NO5/c1-2-3-4-5-6-7-8-9-10-11-12-13-14-15-29(35)38-32-26(34)18-23-16-17-33-21-24-19-27-28(37-22-36-27)20-25(24)30(32)31(23)33/h18-20,26,30-32,34H,2-17,21-22H2,1H3/t26-,30-,31+,32+/m0/s1. The number of carbonyl (C=O) groups is 1. The Balaban J connectivity index is 1.06. The Morgan fingerprint density at radius 3 is 2.26 bits per heavy atom. The van der Waals surface area contributed by atoms with E-state index in [-0.39, 0.29) is 24.7 Å². The van der Waals surface area contributed by atoms with E-state index in [0.717, 1.165) is 49.4 Å². The number of rotatable bonds is 15. The molecule has 3 aliphatic heterocycles. The highest BCUT2D eigenvalue weighted by Gasteiger charge is 2.50. The summed E-state index contributed by atoms with van der Waals surface area (Å²) in [7, 11) is 0. The summed E-state index contributed by atoms with van der Waals surface area (Å²) in [5, 5.41) is 11.1. The maximum atomic E-state index is 12.9. The molecule has 4 aliphatic rings. The summed E-state index contributed by atoms with van der Waals surface area (Å²) in [5.41, 5.74) is 3.58. The van der Waals surface area contributed by atoms with E-state index in [0.29, 0.717) is 6.42 Å². The molecular formula is C32H47NO5. The molecule has 0 spiro atoms. The number of aliphatic hydroxyl groups is 1. The van der Waals surface area contributed by atoms with Gasteiger partial charge in [0.25, 0.3) is 0 Å². The molecule has 1 aromatic carbocycles. The molecule has 1 N–H and O–H groups in total. The zero-order valence-corrected chi connectivity index (χ0v) is 23.3. The lowest BCUT2D eigenvalue weighted by Gasteiger charge is -2.45. The number of carbonyl (C=O) groups excluding carboxylic acids is 1. The lowest BCUT2D eigenvalue weighted by atomic mass is 9.73. The third-order valence-corrected chi connectivity index (χ3v) is 9.00. The number of fused-ring (bicyclic) bond motifs is 3. The number of esters is 1. The molecule has 5 rings (SSSR count). The van der Waals surface area contributed by atoms with E-state index < -0.39 is 12.2 Å². The summed E-state index contributed by atoms with van der Waals surface area (Å²) in [4.78, 5) is 15.4. The molecule has 0 amide bonds. The molecule has 1 saturated heterocycles. The molecule has 0 unspecified atom stereocenters. The summed E-state index contributed by atoms with van der Waals surface area (Å²) in [6.07, 6.45) is 18.6. The molecule has 3 heterocycles. The molecule has 1 aliphatic carbocycles. The summed E-state index contributed by atoms with van der Waals surface area (Å²) < 4.78 is 17.3. The third kappa shape index (κ3) is 6.39. The first-order chi connectivity index (χ1) is 18.7. The van der Waals surface area contributed by atoms with E-state index in [1.54, 1.807) is 0 Å². The monoisotopic (exact) mass is 525 g/mol. The lowest BCUT2D eigenvalue weighted by molar-refractivity contribution is -0.157. The molecule has 0 radical (unpaired) electrons. The zero-order valence-electron chi connectivity index (χ0n) is 23.3. The maximum absolute atomic E-state index is 12.9. The molecule has 1 fully saturated rings. The van der Waals surface area contributed by atoms with Gasteiger partial charge in [0.1, 0.15) is 12.2 Å². The van der Waals surface area contributed by atoms with Crippen molar-refractivity contribution in [1.29, 1.82) is 0 Å². The van der Waals surface area contributed by atoms with Gasteiger partial charge in [-0.05, 0) is 36.1 Å². The quantitative estimate of drug-likeness (QED) is 0.155. The Hall–Kier alpha value is -2.05. The van der Waals surface area contributed by atoms with Crippen LogP contribution in [0.15, 0.2) is 23.8 Å². The first kappa shape index (κ1) is 27.5. The highest BCUT2D eigenvalue weighted by molar-refractivity contribution is 5.70. The zero-order chi connectivity index (χ0) is 26.3. The minimum Gasteiger partial charge on any atom is -0.459 e. The van der Waals surface area contributed by atoms with E-state index in [9.17, 15) is 9.90 Å². The average molecular weight is 526 g/mol. The molecule has 210 valence electrons. The molecule has 6 nitrogen and oxygen atoms in total. The van der Waals surface area contributed by atoms with Gasteiger partial charge in [-0.2, -0.15) is 0 Å². The van der Waals surface area contributed by atoms with Crippen LogP contribution in [-0.2, 0) is 16.1 Å². The molecule has 6 heteroatoms. The van der Waals surface area contributed by atoms with Crippen LogP contribution in [0.1, 0.15) is 120 Å². The Labute approximate surface area is 228 Å². The van der Waals surface area contributed by atoms with Gasteiger partial charge in [-0.3, -0.25) is 9.69 Å². The van der Waals surface area contributed by atoms with Crippen molar-refractivity contribution in [3.8, 4) is 11.5 Å². The average Bonchev–Trinajstić information content (AvgIpc) is 3.54. The SMILES string of the molecule is CCCCCCCCCCCCCCCC(=O)O[C@H]1[C@H]2c3cc4c(cc3CN3CCC(=C[C@@H]1O)[C@H]23)OCO4. The number of nitrogens with zero attached hydrogens (tertiary/aromatic N) is 1. The van der Waals surface area contributed by atoms with Gasteiger partial charge in [0, 0.05) is 31.5 Å². The minimum absolute atomic E-state index is 0.0821. The van der Waals surface area contributed by atoms with Gasteiger partial charge in [-0.15, -0.1) is 0 Å². The smallest absolute Gasteiger partial charge is 0.306 e. The Bertz CT molecular complexity index is 975. The number of aliphatic hydroxyl groups excluding tert-OH is 1. The van der Waals surface area contributed by atoms with Gasteiger partial charge in [0.2, 0.25) is 6.79 Å². The normalized spacial score (nSPS) is 25.2. The maximum Gasteiger partial charge on any atom is 0.306 e. The number of unbranched alkanes of at least 4 members (excludes halogenated alkanes) is 12. The molecule has 38 heavy (non-hydrogen) atoms. The van der Waals surface area contributed by atoms with Crippen molar-refractivity contribution in [2.45, 2.75) is 134 Å². The largest absolute Gasteiger partial charge is 0.459 e. The van der Waals surface area contributed by atoms with Crippen LogP contribution >= 0.6 is 0 Å². The van der Waals surface area contributed by atoms with Gasteiger partial charge in [0.15, 0.2) is 11.5 Å². The van der Waals surface area contributed by atoms with Crippen LogP contribution in [0.5, 0.6) is 11.5 Å². The summed E-state index contributed by atoms with van der Waals surface area (Å²) >= 11 is 0. The van der Waals surface area contributed by atoms with Crippen LogP contribution in [0.2, 0.25) is 0 Å². The molecule has 4 atom stereocenters. The van der Waals surface area contributed by atoms with Gasteiger partial charge < -0.3 is 19.3 Å². The van der Waals surface area contributed by atoms with E-state index in [1.807, 2.05) is 6.08 Å². The fourth-order valence-electron chi connectivity index (χ4n) is 6.97. The Morgan fingerprint density at radius 1 is 0.947 bits per heavy atom. The number of ether oxygens (including phenoxy) is 3. The number of hydrogen-bond acceptors (Lipinski definition) is 6. The van der Waals surface area contributed by atoms with Crippen LogP contribution in [0.4, 0.5) is 0 Å². The Kier molecular flexibility index (Phi) is 9.66. The lowest BCUT2D eigenvalue weighted by Crippen LogP contribution is -2.51. The molecule has 0 aromatic heterocycles. The van der Waals surface area contributed by atoms with E-state index in [1.165, 1.54) is 81.8 Å². The van der Waals surface area contributed by atoms with Crippen molar-refractivity contribution >= 4 is 5.97 Å². The topological polar surface area (TPSA) is 68.2 Å². The second kappa shape index (κ2) is 13.3. The molecular weight excluding hydrogens is 478 g/mol. The summed E-state index contributed by atoms with van der Waals surface area (Å²) in [5.74, 6) is 1.26. The first-order valence-electron chi connectivity index (χ1n) is 15.4. The van der Waals surface area contributed by atoms with E-state index in [2.05, 4.69) is 24.0 Å². The minimum atomic E-state index is -0.779. The van der Waals surface area contributed by atoms with Crippen LogP contribution in [0, 0.1) is 0 Å². The van der Waals surface area contributed by atoms with Crippen molar-refractivity contribution in [2.75, 3.05) is 13.3 Å². The first-order valence-corrected chi connectivity index (χ1v) is 15.4. The second-order valence-corrected chi connectivity index (χ2v) is 11.8. The third-order valence-electron chi connectivity index (χ3n) is 9.00. The van der Waals surface area contributed by atoms with Crippen molar-refractivity contribution in [3.05, 3.63) is 34.9 Å². The van der Waals surface area contributed by atoms with Crippen LogP contribution < -0.4 is 9.47 Å². The molecule has 0 bridgehead atoms. The highest BCUT2D eigenvalue weighted by atomic mass is 16.7. The summed E-state index contributed by atoms with van der Waals surface area (Å²) in [6, 6.07) is 4.31. The predicted octanol–water partition coefficient (Wildman–Crippen LogP) is 6.78. The van der Waals surface area contributed by atoms with Crippen molar-refractivity contribution in [1.82, 2.24) is 4.90 Å². The fraction of sp³-hybridized carbons (Fsp3) is 0.719. The van der Waals surface area contributed by atoms with Gasteiger partial charge in [-0.1, -0.05) is 95.6 Å². The highest BCUT2D eigenvalue weighted by Crippen LogP contribution is 2.50. The van der Waals surface area contributed by atoms with Gasteiger partial charge >= 0.3 is 5.97 Å². The van der Waals surface area contributed by atoms with Crippen molar-refractivity contribution < 1.29 is 24.1 Å². The summed E-state index contributed by atoms with van der Waals surface area (Å²) in [6.45, 7) is 4.32. The fourth-order valence-corrected chi connectivity index (χ4v) is 6.97. The van der Waals surface area contributed by atoms with Gasteiger partial charge in [-0.25, -0.2) is 0 Å². The molecule has 1 aromatic rings. The predicted molar refractivity (Wildman–Crippen MR) is 148 cm³/mol. The number of hydrogen-bond donors (Lipinski definition) is 1. The van der Waals surface area contributed by atoms with Gasteiger partial charge in [0.05, 0.1) is 0 Å². The molecule has 0 saturated carbocycles. The Morgan fingerprint density at radius 2 is 1.58 bits per heavy atom. The van der Waals surface area contributed by atoms with Crippen LogP contribution in [-0.4, -0.2) is 47.6 Å². The number of benzene rings is 1.